The predicted molar refractivity (Wildman–Crippen MR) is 80.9 cm³/mol. The number of hydrogen-bond acceptors (Lipinski definition) is 4. The van der Waals surface area contributed by atoms with Gasteiger partial charge in [-0.05, 0) is 50.8 Å². The van der Waals surface area contributed by atoms with Crippen LogP contribution in [0.1, 0.15) is 51.1 Å². The molecule has 0 spiro atoms. The van der Waals surface area contributed by atoms with Crippen molar-refractivity contribution in [2.45, 2.75) is 63.8 Å². The van der Waals surface area contributed by atoms with E-state index in [2.05, 4.69) is 41.2 Å². The molecule has 2 bridgehead atoms. The molecule has 2 N–H and O–H groups in total. The molecule has 0 aromatic carbocycles. The average molecular weight is 275 g/mol. The molecule has 1 aromatic rings. The first kappa shape index (κ1) is 13.8. The topological polar surface area (TPSA) is 48.4 Å². The molecular formula is C16H25N3O. The summed E-state index contributed by atoms with van der Waals surface area (Å²) in [6, 6.07) is 5.63. The minimum absolute atomic E-state index is 0.114. The van der Waals surface area contributed by atoms with Crippen LogP contribution in [-0.4, -0.2) is 34.8 Å². The molecule has 110 valence electrons. The van der Waals surface area contributed by atoms with E-state index in [9.17, 15) is 5.11 Å². The molecule has 2 fully saturated rings. The van der Waals surface area contributed by atoms with E-state index in [1.807, 2.05) is 6.20 Å². The van der Waals surface area contributed by atoms with E-state index in [0.717, 1.165) is 25.2 Å². The van der Waals surface area contributed by atoms with Gasteiger partial charge in [0.05, 0.1) is 6.10 Å². The smallest absolute Gasteiger partial charge is 0.128 e. The minimum atomic E-state index is -0.114. The third-order valence-corrected chi connectivity index (χ3v) is 4.75. The van der Waals surface area contributed by atoms with Crippen LogP contribution in [0.25, 0.3) is 0 Å². The number of aromatic nitrogens is 1. The number of piperidine rings is 1. The first-order chi connectivity index (χ1) is 9.69. The first-order valence-corrected chi connectivity index (χ1v) is 7.84. The second-order valence-electron chi connectivity index (χ2n) is 6.15. The Balaban J connectivity index is 1.75. The van der Waals surface area contributed by atoms with Crippen molar-refractivity contribution in [2.75, 3.05) is 11.4 Å². The van der Waals surface area contributed by atoms with Crippen LogP contribution in [0.5, 0.6) is 0 Å². The number of nitrogens with zero attached hydrogens (tertiary/aromatic N) is 2. The lowest BCUT2D eigenvalue weighted by Gasteiger charge is -2.38. The van der Waals surface area contributed by atoms with Gasteiger partial charge in [0.2, 0.25) is 0 Å². The molecule has 0 aliphatic carbocycles. The number of anilines is 1. The van der Waals surface area contributed by atoms with Crippen molar-refractivity contribution in [3.63, 3.8) is 0 Å². The van der Waals surface area contributed by atoms with Crippen LogP contribution in [0.2, 0.25) is 0 Å². The second kappa shape index (κ2) is 5.70. The van der Waals surface area contributed by atoms with Crippen LogP contribution in [0.3, 0.4) is 0 Å². The highest BCUT2D eigenvalue weighted by Crippen LogP contribution is 2.38. The molecule has 4 heteroatoms. The Bertz CT molecular complexity index is 434. The lowest BCUT2D eigenvalue weighted by atomic mass is 10.00. The van der Waals surface area contributed by atoms with E-state index >= 15 is 0 Å². The van der Waals surface area contributed by atoms with Crippen molar-refractivity contribution in [1.29, 1.82) is 0 Å². The van der Waals surface area contributed by atoms with Gasteiger partial charge >= 0.3 is 0 Å². The fraction of sp³-hybridized carbons (Fsp3) is 0.688. The SMILES string of the molecule is CCNC(C)c1ccc(N2C3CCC2CC(O)C3)nc1. The molecule has 3 heterocycles. The van der Waals surface area contributed by atoms with Gasteiger partial charge < -0.3 is 15.3 Å². The normalized spacial score (nSPS) is 30.6. The van der Waals surface area contributed by atoms with Gasteiger partial charge in [-0.25, -0.2) is 4.98 Å². The van der Waals surface area contributed by atoms with Crippen molar-refractivity contribution in [3.8, 4) is 0 Å². The zero-order valence-corrected chi connectivity index (χ0v) is 12.4. The maximum Gasteiger partial charge on any atom is 0.128 e. The van der Waals surface area contributed by atoms with Gasteiger partial charge in [0.1, 0.15) is 5.82 Å². The lowest BCUT2D eigenvalue weighted by Crippen LogP contribution is -2.45. The first-order valence-electron chi connectivity index (χ1n) is 7.84. The van der Waals surface area contributed by atoms with Gasteiger partial charge in [-0.2, -0.15) is 0 Å². The highest BCUT2D eigenvalue weighted by atomic mass is 16.3. The van der Waals surface area contributed by atoms with Crippen LogP contribution in [-0.2, 0) is 0 Å². The molecule has 2 saturated heterocycles. The standard InChI is InChI=1S/C16H25N3O/c1-3-17-11(2)12-4-7-16(18-10-12)19-13-5-6-14(19)9-15(20)8-13/h4,7,10-11,13-15,17,20H,3,5-6,8-9H2,1-2H3. The Morgan fingerprint density at radius 2 is 2.05 bits per heavy atom. The Morgan fingerprint density at radius 3 is 2.60 bits per heavy atom. The molecule has 2 aliphatic rings. The maximum atomic E-state index is 9.88. The zero-order valence-electron chi connectivity index (χ0n) is 12.4. The summed E-state index contributed by atoms with van der Waals surface area (Å²) in [5, 5.41) is 13.3. The minimum Gasteiger partial charge on any atom is -0.393 e. The van der Waals surface area contributed by atoms with E-state index in [4.69, 9.17) is 0 Å². The summed E-state index contributed by atoms with van der Waals surface area (Å²) >= 11 is 0. The molecule has 3 rings (SSSR count). The number of rotatable bonds is 4. The molecule has 1 aromatic heterocycles. The molecule has 3 unspecified atom stereocenters. The van der Waals surface area contributed by atoms with Gasteiger partial charge in [-0.15, -0.1) is 0 Å². The molecular weight excluding hydrogens is 250 g/mol. The molecule has 0 saturated carbocycles. The summed E-state index contributed by atoms with van der Waals surface area (Å²) in [6.07, 6.45) is 6.06. The Hall–Kier alpha value is -1.13. The Morgan fingerprint density at radius 1 is 1.35 bits per heavy atom. The molecule has 0 radical (unpaired) electrons. The Kier molecular flexibility index (Phi) is 3.94. The van der Waals surface area contributed by atoms with Crippen molar-refractivity contribution in [2.24, 2.45) is 0 Å². The van der Waals surface area contributed by atoms with E-state index in [1.54, 1.807) is 0 Å². The van der Waals surface area contributed by atoms with Gasteiger partial charge in [0.25, 0.3) is 0 Å². The molecule has 3 atom stereocenters. The van der Waals surface area contributed by atoms with Crippen LogP contribution in [0, 0.1) is 0 Å². The van der Waals surface area contributed by atoms with E-state index in [1.165, 1.54) is 18.4 Å². The van der Waals surface area contributed by atoms with E-state index in [0.29, 0.717) is 18.1 Å². The molecule has 4 nitrogen and oxygen atoms in total. The predicted octanol–water partition coefficient (Wildman–Crippen LogP) is 2.24. The fourth-order valence-electron chi connectivity index (χ4n) is 3.75. The third kappa shape index (κ3) is 2.54. The summed E-state index contributed by atoms with van der Waals surface area (Å²) in [4.78, 5) is 7.11. The van der Waals surface area contributed by atoms with Crippen molar-refractivity contribution in [3.05, 3.63) is 23.9 Å². The number of hydrogen-bond donors (Lipinski definition) is 2. The second-order valence-corrected chi connectivity index (χ2v) is 6.15. The number of pyridine rings is 1. The summed E-state index contributed by atoms with van der Waals surface area (Å²) in [5.74, 6) is 1.08. The largest absolute Gasteiger partial charge is 0.393 e. The van der Waals surface area contributed by atoms with E-state index in [-0.39, 0.29) is 6.10 Å². The number of nitrogens with one attached hydrogen (secondary N) is 1. The fourth-order valence-corrected chi connectivity index (χ4v) is 3.75. The van der Waals surface area contributed by atoms with Crippen molar-refractivity contribution < 1.29 is 5.11 Å². The van der Waals surface area contributed by atoms with Crippen LogP contribution in [0.4, 0.5) is 5.82 Å². The highest BCUT2D eigenvalue weighted by Gasteiger charge is 2.40. The summed E-state index contributed by atoms with van der Waals surface area (Å²) in [7, 11) is 0. The summed E-state index contributed by atoms with van der Waals surface area (Å²) < 4.78 is 0. The number of fused-ring (bicyclic) bond motifs is 2. The maximum absolute atomic E-state index is 9.88. The van der Waals surface area contributed by atoms with Crippen molar-refractivity contribution >= 4 is 5.82 Å². The average Bonchev–Trinajstić information content (AvgIpc) is 2.71. The van der Waals surface area contributed by atoms with Crippen LogP contribution >= 0.6 is 0 Å². The quantitative estimate of drug-likeness (QED) is 0.885. The van der Waals surface area contributed by atoms with Gasteiger partial charge in [0.15, 0.2) is 0 Å². The molecule has 20 heavy (non-hydrogen) atoms. The zero-order chi connectivity index (χ0) is 14.1. The summed E-state index contributed by atoms with van der Waals surface area (Å²) in [6.45, 7) is 5.26. The van der Waals surface area contributed by atoms with Gasteiger partial charge in [0, 0.05) is 24.3 Å². The van der Waals surface area contributed by atoms with Gasteiger partial charge in [-0.1, -0.05) is 13.0 Å². The third-order valence-electron chi connectivity index (χ3n) is 4.75. The highest BCUT2D eigenvalue weighted by molar-refractivity contribution is 5.45. The van der Waals surface area contributed by atoms with Crippen molar-refractivity contribution in [1.82, 2.24) is 10.3 Å². The van der Waals surface area contributed by atoms with Crippen LogP contribution < -0.4 is 10.2 Å². The number of aliphatic hydroxyl groups is 1. The van der Waals surface area contributed by atoms with Gasteiger partial charge in [-0.3, -0.25) is 0 Å². The molecule has 2 aliphatic heterocycles. The van der Waals surface area contributed by atoms with Crippen LogP contribution in [0.15, 0.2) is 18.3 Å². The lowest BCUT2D eigenvalue weighted by molar-refractivity contribution is 0.126. The monoisotopic (exact) mass is 275 g/mol. The number of aliphatic hydroxyl groups excluding tert-OH is 1. The Labute approximate surface area is 121 Å². The van der Waals surface area contributed by atoms with E-state index < -0.39 is 0 Å². The molecule has 0 amide bonds. The summed E-state index contributed by atoms with van der Waals surface area (Å²) in [5.41, 5.74) is 1.24.